The molecule has 0 amide bonds. The Balaban J connectivity index is 1.89. The molecule has 1 aromatic heterocycles. The molecule has 104 valence electrons. The molecule has 0 fully saturated rings. The lowest BCUT2D eigenvalue weighted by Crippen LogP contribution is -2.29. The Labute approximate surface area is 125 Å². The first kappa shape index (κ1) is 14.8. The number of benzene rings is 1. The predicted molar refractivity (Wildman–Crippen MR) is 87.3 cm³/mol. The van der Waals surface area contributed by atoms with E-state index in [0.29, 0.717) is 5.41 Å². The van der Waals surface area contributed by atoms with Gasteiger partial charge in [-0.3, -0.25) is 0 Å². The monoisotopic (exact) mass is 295 g/mol. The number of halogens is 1. The van der Waals surface area contributed by atoms with Crippen molar-refractivity contribution in [1.82, 2.24) is 5.32 Å². The molecule has 3 heteroatoms. The minimum Gasteiger partial charge on any atom is -0.312 e. The Morgan fingerprint density at radius 1 is 1.26 bits per heavy atom. The third kappa shape index (κ3) is 4.20. The molecule has 1 aromatic carbocycles. The maximum absolute atomic E-state index is 5.77. The summed E-state index contributed by atoms with van der Waals surface area (Å²) in [5, 5.41) is 7.25. The van der Waals surface area contributed by atoms with Crippen molar-refractivity contribution in [1.29, 1.82) is 0 Å². The number of hydrogen-bond donors (Lipinski definition) is 1. The number of rotatable bonds is 7. The lowest BCUT2D eigenvalue weighted by molar-refractivity contribution is 0.311. The van der Waals surface area contributed by atoms with E-state index in [4.69, 9.17) is 11.6 Å². The van der Waals surface area contributed by atoms with E-state index in [1.807, 2.05) is 11.3 Å². The fourth-order valence-corrected chi connectivity index (χ4v) is 3.44. The standard InChI is InChI=1S/C16H22ClNS/c1-16(2,8-5-9-17)12-18-10-13-11-19-15-7-4-3-6-14(13)15/h3-4,6-7,11,18H,5,8-10,12H2,1-2H3. The maximum atomic E-state index is 5.77. The summed E-state index contributed by atoms with van der Waals surface area (Å²) < 4.78 is 1.38. The smallest absolute Gasteiger partial charge is 0.0346 e. The van der Waals surface area contributed by atoms with Gasteiger partial charge in [-0.2, -0.15) is 0 Å². The highest BCUT2D eigenvalue weighted by molar-refractivity contribution is 7.17. The Morgan fingerprint density at radius 2 is 2.05 bits per heavy atom. The predicted octanol–water partition coefficient (Wildman–Crippen LogP) is 5.04. The zero-order valence-electron chi connectivity index (χ0n) is 11.7. The highest BCUT2D eigenvalue weighted by Crippen LogP contribution is 2.26. The van der Waals surface area contributed by atoms with Gasteiger partial charge in [-0.1, -0.05) is 32.0 Å². The second-order valence-electron chi connectivity index (χ2n) is 5.82. The molecule has 0 aliphatic carbocycles. The average molecular weight is 296 g/mol. The normalized spacial score (nSPS) is 12.2. The van der Waals surface area contributed by atoms with Crippen LogP contribution in [0, 0.1) is 5.41 Å². The number of hydrogen-bond acceptors (Lipinski definition) is 2. The van der Waals surface area contributed by atoms with Crippen molar-refractivity contribution >= 4 is 33.0 Å². The van der Waals surface area contributed by atoms with Crippen molar-refractivity contribution in [3.63, 3.8) is 0 Å². The molecule has 0 aliphatic rings. The number of alkyl halides is 1. The Bertz CT molecular complexity index is 518. The van der Waals surface area contributed by atoms with Crippen LogP contribution in [0.1, 0.15) is 32.3 Å². The Morgan fingerprint density at radius 3 is 2.84 bits per heavy atom. The molecule has 0 aliphatic heterocycles. The van der Waals surface area contributed by atoms with Crippen LogP contribution in [0.4, 0.5) is 0 Å². The van der Waals surface area contributed by atoms with Gasteiger partial charge in [0.05, 0.1) is 0 Å². The molecule has 0 unspecified atom stereocenters. The third-order valence-electron chi connectivity index (χ3n) is 3.47. The van der Waals surface area contributed by atoms with Gasteiger partial charge in [0.15, 0.2) is 0 Å². The van der Waals surface area contributed by atoms with Gasteiger partial charge in [0, 0.05) is 23.7 Å². The summed E-state index contributed by atoms with van der Waals surface area (Å²) in [4.78, 5) is 0. The minimum atomic E-state index is 0.320. The van der Waals surface area contributed by atoms with E-state index >= 15 is 0 Å². The molecule has 2 rings (SSSR count). The van der Waals surface area contributed by atoms with Crippen LogP contribution >= 0.6 is 22.9 Å². The summed E-state index contributed by atoms with van der Waals surface area (Å²) in [6.45, 7) is 6.60. The molecule has 0 radical (unpaired) electrons. The van der Waals surface area contributed by atoms with E-state index in [0.717, 1.165) is 25.4 Å². The molecule has 0 bridgehead atoms. The SMILES string of the molecule is CC(C)(CCCCl)CNCc1csc2ccccc12. The van der Waals surface area contributed by atoms with Crippen LogP contribution in [-0.4, -0.2) is 12.4 Å². The van der Waals surface area contributed by atoms with E-state index in [-0.39, 0.29) is 0 Å². The van der Waals surface area contributed by atoms with Crippen molar-refractivity contribution in [2.45, 2.75) is 33.2 Å². The molecule has 0 saturated heterocycles. The maximum Gasteiger partial charge on any atom is 0.0346 e. The molecular weight excluding hydrogens is 274 g/mol. The van der Waals surface area contributed by atoms with E-state index in [1.54, 1.807) is 0 Å². The lowest BCUT2D eigenvalue weighted by Gasteiger charge is -2.24. The van der Waals surface area contributed by atoms with E-state index in [1.165, 1.54) is 22.1 Å². The van der Waals surface area contributed by atoms with Crippen molar-refractivity contribution in [3.8, 4) is 0 Å². The lowest BCUT2D eigenvalue weighted by atomic mass is 9.88. The summed E-state index contributed by atoms with van der Waals surface area (Å²) in [5.41, 5.74) is 1.73. The van der Waals surface area contributed by atoms with Crippen LogP contribution in [0.3, 0.4) is 0 Å². The molecule has 2 aromatic rings. The first-order chi connectivity index (χ1) is 9.12. The van der Waals surface area contributed by atoms with Crippen molar-refractivity contribution < 1.29 is 0 Å². The van der Waals surface area contributed by atoms with Gasteiger partial charge in [0.2, 0.25) is 0 Å². The van der Waals surface area contributed by atoms with Gasteiger partial charge < -0.3 is 5.32 Å². The number of thiophene rings is 1. The van der Waals surface area contributed by atoms with E-state index < -0.39 is 0 Å². The van der Waals surface area contributed by atoms with Gasteiger partial charge in [-0.05, 0) is 40.7 Å². The fourth-order valence-electron chi connectivity index (χ4n) is 2.34. The fraction of sp³-hybridized carbons (Fsp3) is 0.500. The van der Waals surface area contributed by atoms with Crippen molar-refractivity contribution in [2.24, 2.45) is 5.41 Å². The van der Waals surface area contributed by atoms with Crippen LogP contribution in [-0.2, 0) is 6.54 Å². The zero-order chi connectivity index (χ0) is 13.7. The zero-order valence-corrected chi connectivity index (χ0v) is 13.3. The Kier molecular flexibility index (Phi) is 5.26. The summed E-state index contributed by atoms with van der Waals surface area (Å²) in [6.07, 6.45) is 2.27. The molecule has 1 N–H and O–H groups in total. The molecule has 0 atom stereocenters. The molecule has 1 heterocycles. The van der Waals surface area contributed by atoms with Crippen molar-refractivity contribution in [2.75, 3.05) is 12.4 Å². The minimum absolute atomic E-state index is 0.320. The third-order valence-corrected chi connectivity index (χ3v) is 4.75. The van der Waals surface area contributed by atoms with Gasteiger partial charge in [-0.25, -0.2) is 0 Å². The van der Waals surface area contributed by atoms with Gasteiger partial charge in [0.25, 0.3) is 0 Å². The highest BCUT2D eigenvalue weighted by atomic mass is 35.5. The van der Waals surface area contributed by atoms with Crippen LogP contribution in [0.2, 0.25) is 0 Å². The summed E-state index contributed by atoms with van der Waals surface area (Å²) in [6, 6.07) is 8.61. The highest BCUT2D eigenvalue weighted by Gasteiger charge is 2.16. The van der Waals surface area contributed by atoms with E-state index in [2.05, 4.69) is 48.8 Å². The van der Waals surface area contributed by atoms with Crippen LogP contribution in [0.15, 0.2) is 29.6 Å². The summed E-state index contributed by atoms with van der Waals surface area (Å²) in [5.74, 6) is 0.762. The first-order valence-electron chi connectivity index (χ1n) is 6.84. The van der Waals surface area contributed by atoms with Crippen LogP contribution in [0.5, 0.6) is 0 Å². The summed E-state index contributed by atoms with van der Waals surface area (Å²) in [7, 11) is 0. The van der Waals surface area contributed by atoms with Crippen molar-refractivity contribution in [3.05, 3.63) is 35.2 Å². The quantitative estimate of drug-likeness (QED) is 0.706. The van der Waals surface area contributed by atoms with Gasteiger partial charge in [0.1, 0.15) is 0 Å². The molecule has 19 heavy (non-hydrogen) atoms. The van der Waals surface area contributed by atoms with Gasteiger partial charge in [-0.15, -0.1) is 22.9 Å². The molecule has 0 spiro atoms. The second kappa shape index (κ2) is 6.74. The molecular formula is C16H22ClNS. The van der Waals surface area contributed by atoms with Crippen LogP contribution in [0.25, 0.3) is 10.1 Å². The Hall–Kier alpha value is -0.570. The second-order valence-corrected chi connectivity index (χ2v) is 7.11. The van der Waals surface area contributed by atoms with E-state index in [9.17, 15) is 0 Å². The largest absolute Gasteiger partial charge is 0.312 e. The van der Waals surface area contributed by atoms with Crippen LogP contribution < -0.4 is 5.32 Å². The first-order valence-corrected chi connectivity index (χ1v) is 8.26. The number of nitrogens with one attached hydrogen (secondary N) is 1. The molecule has 1 nitrogen and oxygen atoms in total. The number of fused-ring (bicyclic) bond motifs is 1. The van der Waals surface area contributed by atoms with Gasteiger partial charge >= 0.3 is 0 Å². The average Bonchev–Trinajstić information content (AvgIpc) is 2.80. The topological polar surface area (TPSA) is 12.0 Å². The molecule has 0 saturated carbocycles. The summed E-state index contributed by atoms with van der Waals surface area (Å²) >= 11 is 7.60.